The zero-order valence-electron chi connectivity index (χ0n) is 52.6. The van der Waals surface area contributed by atoms with Gasteiger partial charge in [-0.1, -0.05) is 72.3 Å². The number of anilines is 2. The lowest BCUT2D eigenvalue weighted by Gasteiger charge is -2.48. The molecule has 0 radical (unpaired) electrons. The van der Waals surface area contributed by atoms with Gasteiger partial charge in [-0.2, -0.15) is 9.57 Å². The first kappa shape index (κ1) is 64.2. The number of sulfonamides is 1. The lowest BCUT2D eigenvalue weighted by atomic mass is 9.70. The number of ether oxygens (including phenoxy) is 6. The van der Waals surface area contributed by atoms with Crippen LogP contribution >= 0.6 is 20.1 Å². The number of fused-ring (bicyclic) bond motifs is 8. The van der Waals surface area contributed by atoms with Gasteiger partial charge in [0.1, 0.15) is 34.1 Å². The highest BCUT2D eigenvalue weighted by Crippen LogP contribution is 2.64. The van der Waals surface area contributed by atoms with E-state index in [4.69, 9.17) is 49.1 Å². The normalized spacial score (nSPS) is 17.6. The molecule has 0 bridgehead atoms. The Balaban J connectivity index is 0.826. The zero-order valence-corrected chi connectivity index (χ0v) is 55.1. The predicted molar refractivity (Wildman–Crippen MR) is 350 cm³/mol. The number of methoxy groups -OCH3 is 2. The fourth-order valence-corrected chi connectivity index (χ4v) is 18.6. The standard InChI is InChI=1S/C70H84ClN6O11PS/c1-48(2)77(49(3)4)89(86-39-14-31-72)87-42-37-75(36-41-85-70(52-17-8-7-9-18-52,53-21-26-56(81-5)27-22-53)54-23-28-57(82-6)29-24-54)68(78)84-44-43-83-40-38-76-69(60-30-25-55(71)47-63(60)90(76,79)80)61-45-50-15-10-32-73-34-12-19-58(64(50)73)66(61)88-67-59-20-13-35-74-33-11-16-51(65(59)74)46-62(67)69/h7-9,17-18,21-30,45-49,68,78H,10-16,19-20,32-44H2,1-6H3. The Hall–Kier alpha value is -5.88. The topological polar surface area (TPSA) is 168 Å². The van der Waals surface area contributed by atoms with Crippen molar-refractivity contribution in [3.05, 3.63) is 170 Å². The summed E-state index contributed by atoms with van der Waals surface area (Å²) in [5.41, 5.74) is 9.85. The molecule has 2 unspecified atom stereocenters. The van der Waals surface area contributed by atoms with Gasteiger partial charge in [-0.25, -0.2) is 13.1 Å². The van der Waals surface area contributed by atoms with Crippen LogP contribution in [0.1, 0.15) is 115 Å². The first-order chi connectivity index (χ1) is 43.7. The van der Waals surface area contributed by atoms with Crippen LogP contribution in [0.2, 0.25) is 5.02 Å². The average molecular weight is 1280 g/mol. The summed E-state index contributed by atoms with van der Waals surface area (Å²) in [5.74, 6) is 2.95. The maximum atomic E-state index is 15.7. The molecule has 0 aliphatic carbocycles. The number of aliphatic hydroxyl groups excluding tert-OH is 1. The Morgan fingerprint density at radius 2 is 1.22 bits per heavy atom. The van der Waals surface area contributed by atoms with Crippen LogP contribution in [0, 0.1) is 11.3 Å². The van der Waals surface area contributed by atoms with Crippen LogP contribution in [-0.4, -0.2) is 146 Å². The van der Waals surface area contributed by atoms with Gasteiger partial charge in [0.2, 0.25) is 16.4 Å². The molecule has 2 atom stereocenters. The Morgan fingerprint density at radius 1 is 0.678 bits per heavy atom. The van der Waals surface area contributed by atoms with E-state index in [-0.39, 0.29) is 82.7 Å². The van der Waals surface area contributed by atoms with Gasteiger partial charge in [0.25, 0.3) is 8.53 Å². The third-order valence-electron chi connectivity index (χ3n) is 18.6. The highest BCUT2D eigenvalue weighted by Gasteiger charge is 2.61. The highest BCUT2D eigenvalue weighted by molar-refractivity contribution is 7.89. The van der Waals surface area contributed by atoms with E-state index in [1.54, 1.807) is 29.5 Å². The van der Waals surface area contributed by atoms with Gasteiger partial charge in [-0.15, -0.1) is 0 Å². The molecule has 90 heavy (non-hydrogen) atoms. The molecular weight excluding hydrogens is 1200 g/mol. The van der Waals surface area contributed by atoms with Crippen LogP contribution in [0.5, 0.6) is 23.0 Å². The van der Waals surface area contributed by atoms with E-state index in [1.807, 2.05) is 91.0 Å². The monoisotopic (exact) mass is 1280 g/mol. The Bertz CT molecular complexity index is 3530. The number of halogens is 1. The molecule has 6 aliphatic rings. The van der Waals surface area contributed by atoms with Gasteiger partial charge in [0.05, 0.1) is 71.2 Å². The van der Waals surface area contributed by atoms with E-state index in [2.05, 4.69) is 60.4 Å². The summed E-state index contributed by atoms with van der Waals surface area (Å²) in [6, 6.07) is 38.0. The quantitative estimate of drug-likeness (QED) is 0.0224. The van der Waals surface area contributed by atoms with Gasteiger partial charge in [-0.05, 0) is 155 Å². The van der Waals surface area contributed by atoms with E-state index in [9.17, 15) is 10.4 Å². The fraction of sp³-hybridized carbons (Fsp3) is 0.471. The second-order valence-electron chi connectivity index (χ2n) is 24.5. The van der Waals surface area contributed by atoms with Crippen molar-refractivity contribution >= 4 is 41.5 Å². The molecule has 6 aliphatic heterocycles. The summed E-state index contributed by atoms with van der Waals surface area (Å²) in [5, 5.41) is 22.0. The molecule has 478 valence electrons. The first-order valence-corrected chi connectivity index (χ1v) is 34.9. The summed E-state index contributed by atoms with van der Waals surface area (Å²) in [6.07, 6.45) is 6.21. The molecule has 20 heteroatoms. The van der Waals surface area contributed by atoms with E-state index in [0.29, 0.717) is 22.1 Å². The van der Waals surface area contributed by atoms with Crippen LogP contribution in [0.15, 0.2) is 114 Å². The summed E-state index contributed by atoms with van der Waals surface area (Å²) < 4.78 is 86.7. The second-order valence-corrected chi connectivity index (χ2v) is 28.2. The van der Waals surface area contributed by atoms with Crippen LogP contribution in [0.4, 0.5) is 11.4 Å². The summed E-state index contributed by atoms with van der Waals surface area (Å²) in [7, 11) is -2.53. The molecule has 6 aromatic carbocycles. The minimum absolute atomic E-state index is 0.00268. The van der Waals surface area contributed by atoms with E-state index < -0.39 is 36.1 Å². The molecule has 0 fully saturated rings. The van der Waals surface area contributed by atoms with Crippen molar-refractivity contribution in [3.63, 3.8) is 0 Å². The van der Waals surface area contributed by atoms with Crippen LogP contribution in [-0.2, 0) is 70.1 Å². The van der Waals surface area contributed by atoms with Crippen molar-refractivity contribution in [2.24, 2.45) is 0 Å². The molecule has 0 amide bonds. The molecule has 6 aromatic rings. The van der Waals surface area contributed by atoms with Gasteiger partial charge < -0.3 is 52.4 Å². The first-order valence-electron chi connectivity index (χ1n) is 31.9. The summed E-state index contributed by atoms with van der Waals surface area (Å²) in [4.78, 5) is 6.97. The Labute approximate surface area is 537 Å². The minimum Gasteiger partial charge on any atom is -0.497 e. The smallest absolute Gasteiger partial charge is 0.259 e. The van der Waals surface area contributed by atoms with Crippen molar-refractivity contribution in [3.8, 4) is 29.1 Å². The van der Waals surface area contributed by atoms with Crippen molar-refractivity contribution in [1.29, 1.82) is 5.26 Å². The Morgan fingerprint density at radius 3 is 1.78 bits per heavy atom. The number of benzene rings is 6. The molecule has 0 saturated carbocycles. The number of nitriles is 1. The maximum absolute atomic E-state index is 15.7. The number of nitrogens with zero attached hydrogens (tertiary/aromatic N) is 6. The van der Waals surface area contributed by atoms with Crippen molar-refractivity contribution in [1.82, 2.24) is 13.9 Å². The van der Waals surface area contributed by atoms with Crippen LogP contribution in [0.3, 0.4) is 0 Å². The third kappa shape index (κ3) is 12.0. The molecular formula is C70H84ClN6O11PS. The minimum atomic E-state index is -4.22. The lowest BCUT2D eigenvalue weighted by molar-refractivity contribution is -0.204. The zero-order chi connectivity index (χ0) is 62.7. The summed E-state index contributed by atoms with van der Waals surface area (Å²) >= 11 is 6.79. The molecule has 0 saturated heterocycles. The van der Waals surface area contributed by atoms with Gasteiger partial charge in [-0.3, -0.25) is 4.90 Å². The third-order valence-corrected chi connectivity index (χ3v) is 22.8. The Kier molecular flexibility index (Phi) is 19.8. The molecule has 17 nitrogen and oxygen atoms in total. The van der Waals surface area contributed by atoms with E-state index in [0.717, 1.165) is 128 Å². The van der Waals surface area contributed by atoms with Crippen LogP contribution < -0.4 is 24.0 Å². The lowest BCUT2D eigenvalue weighted by Crippen LogP contribution is -2.49. The number of rotatable bonds is 27. The van der Waals surface area contributed by atoms with Gasteiger partial charge >= 0.3 is 0 Å². The fourth-order valence-electron chi connectivity index (χ4n) is 14.8. The molecule has 6 heterocycles. The molecule has 12 rings (SSSR count). The van der Waals surface area contributed by atoms with Crippen molar-refractivity contribution < 1.29 is 51.0 Å². The van der Waals surface area contributed by atoms with E-state index >= 15 is 8.42 Å². The second kappa shape index (κ2) is 27.8. The number of hydrogen-bond donors (Lipinski definition) is 1. The van der Waals surface area contributed by atoms with Gasteiger partial charge in [0.15, 0.2) is 0 Å². The largest absolute Gasteiger partial charge is 0.497 e. The number of aliphatic hydroxyl groups is 1. The van der Waals surface area contributed by atoms with Crippen LogP contribution in [0.25, 0.3) is 0 Å². The molecule has 1 N–H and O–H groups in total. The summed E-state index contributed by atoms with van der Waals surface area (Å²) in [6.45, 7) is 13.2. The average Bonchev–Trinajstić information content (AvgIpc) is 1.42. The number of hydrogen-bond acceptors (Lipinski definition) is 16. The maximum Gasteiger partial charge on any atom is 0.259 e. The highest BCUT2D eigenvalue weighted by atomic mass is 35.5. The predicted octanol–water partition coefficient (Wildman–Crippen LogP) is 12.1. The molecule has 0 aromatic heterocycles. The van der Waals surface area contributed by atoms with Crippen molar-refractivity contribution in [2.75, 3.05) is 109 Å². The molecule has 1 spiro atoms. The van der Waals surface area contributed by atoms with E-state index in [1.165, 1.54) is 22.5 Å². The van der Waals surface area contributed by atoms with Crippen molar-refractivity contribution in [2.45, 2.75) is 120 Å². The number of aryl methyl sites for hydroxylation is 2. The van der Waals surface area contributed by atoms with Gasteiger partial charge in [0, 0.05) is 102 Å². The SMILES string of the molecule is COc1ccc(C(OCCN(CCOP(OCCC#N)N(C(C)C)C(C)C)C(O)OCCOCCN2C3(c4ccc(Cl)cc4S2(=O)=O)c2cc4c5c(c2Oc2c3cc3c6c2CCCN6CCC3)CCCN5CCC4)(c2ccccc2)c2ccc(OC)cc2)cc1.